The molecule has 1 aliphatic heterocycles. The van der Waals surface area contributed by atoms with Gasteiger partial charge >= 0.3 is 0 Å². The smallest absolute Gasteiger partial charge is 0.242 e. The Morgan fingerprint density at radius 3 is 2.49 bits per heavy atom. The van der Waals surface area contributed by atoms with Crippen LogP contribution in [0.5, 0.6) is 0 Å². The number of carbonyl (C=O) groups is 2. The molecule has 5 rings (SSSR count). The van der Waals surface area contributed by atoms with Gasteiger partial charge in [-0.3, -0.25) is 9.59 Å². The molecule has 12 heteroatoms. The minimum Gasteiger partial charge on any atom is -0.393 e. The lowest BCUT2D eigenvalue weighted by Crippen LogP contribution is -2.62. The molecule has 0 aromatic carbocycles. The Morgan fingerprint density at radius 1 is 1.05 bits per heavy atom. The molecule has 0 radical (unpaired) electrons. The molecule has 4 saturated carbocycles. The molecule has 5 aliphatic rings. The summed E-state index contributed by atoms with van der Waals surface area (Å²) in [7, 11) is 0. The fraction of sp³-hybridized carbons (Fsp3) is 0.935. The molecule has 0 spiro atoms. The first-order chi connectivity index (χ1) is 20.3. The van der Waals surface area contributed by atoms with Gasteiger partial charge in [0.15, 0.2) is 5.66 Å². The molecule has 2 unspecified atom stereocenters. The molecule has 0 saturated heterocycles. The Bertz CT molecular complexity index is 1140. The second-order valence-electron chi connectivity index (χ2n) is 15.0. The van der Waals surface area contributed by atoms with E-state index in [1.165, 1.54) is 0 Å². The van der Waals surface area contributed by atoms with Crippen LogP contribution < -0.4 is 10.6 Å². The summed E-state index contributed by atoms with van der Waals surface area (Å²) in [6.07, 6.45) is 6.46. The number of carbonyl (C=O) groups excluding carboxylic acids is 2. The highest BCUT2D eigenvalue weighted by molar-refractivity contribution is 5.87. The third-order valence-electron chi connectivity index (χ3n) is 12.7. The van der Waals surface area contributed by atoms with E-state index < -0.39 is 29.8 Å². The molecule has 0 aromatic rings. The quantitative estimate of drug-likeness (QED) is 0.134. The first-order valence-corrected chi connectivity index (χ1v) is 16.4. The number of nitrogens with zero attached hydrogens (tertiary/aromatic N) is 5. The van der Waals surface area contributed by atoms with Gasteiger partial charge in [-0.2, -0.15) is 10.2 Å². The fourth-order valence-corrected chi connectivity index (χ4v) is 10.1. The van der Waals surface area contributed by atoms with Crippen LogP contribution >= 0.6 is 0 Å². The van der Waals surface area contributed by atoms with Gasteiger partial charge < -0.3 is 26.0 Å². The van der Waals surface area contributed by atoms with Crippen molar-refractivity contribution in [2.45, 2.75) is 128 Å². The van der Waals surface area contributed by atoms with E-state index in [9.17, 15) is 24.9 Å². The van der Waals surface area contributed by atoms with Gasteiger partial charge in [0.25, 0.3) is 0 Å². The van der Waals surface area contributed by atoms with Crippen molar-refractivity contribution in [2.24, 2.45) is 61.7 Å². The molecule has 43 heavy (non-hydrogen) atoms. The molecule has 5 N–H and O–H groups in total. The second kappa shape index (κ2) is 12.3. The number of rotatable bonds is 11. The van der Waals surface area contributed by atoms with Gasteiger partial charge in [-0.1, -0.05) is 25.9 Å². The lowest BCUT2D eigenvalue weighted by Gasteiger charge is -2.63. The lowest BCUT2D eigenvalue weighted by molar-refractivity contribution is -0.207. The summed E-state index contributed by atoms with van der Waals surface area (Å²) in [5, 5.41) is 50.4. The first-order valence-electron chi connectivity index (χ1n) is 16.4. The SMILES string of the molecule is C[C@H](CCC(=O)NC(CCC1(C)N=N1)C(=O)NCN=[N+]=[N-])[C@H]1CC[C@H]2[C@H]3C(C[C@H](O)[C@]12C)[C@@]1(C)CC[C@@H](O)C[C@H]1C[C@H]3O. The summed E-state index contributed by atoms with van der Waals surface area (Å²) < 4.78 is 0. The van der Waals surface area contributed by atoms with Crippen LogP contribution in [-0.2, 0) is 9.59 Å². The van der Waals surface area contributed by atoms with Gasteiger partial charge in [-0.15, -0.1) is 0 Å². The Morgan fingerprint density at radius 2 is 1.79 bits per heavy atom. The zero-order valence-electron chi connectivity index (χ0n) is 26.2. The fourth-order valence-electron chi connectivity index (χ4n) is 10.1. The summed E-state index contributed by atoms with van der Waals surface area (Å²) in [6.45, 7) is 8.41. The van der Waals surface area contributed by atoms with Crippen molar-refractivity contribution in [3.63, 3.8) is 0 Å². The maximum Gasteiger partial charge on any atom is 0.242 e. The van der Waals surface area contributed by atoms with E-state index >= 15 is 0 Å². The zero-order chi connectivity index (χ0) is 31.2. The molecule has 0 bridgehead atoms. The number of hydrogen-bond donors (Lipinski definition) is 5. The minimum atomic E-state index is -0.774. The molecule has 2 amide bonds. The Labute approximate surface area is 254 Å². The van der Waals surface area contributed by atoms with Gasteiger partial charge in [0.2, 0.25) is 11.8 Å². The normalized spacial score (nSPS) is 41.9. The van der Waals surface area contributed by atoms with Gasteiger partial charge in [-0.05, 0) is 123 Å². The van der Waals surface area contributed by atoms with Crippen LogP contribution in [0, 0.1) is 46.3 Å². The van der Waals surface area contributed by atoms with Crippen LogP contribution in [0.4, 0.5) is 0 Å². The number of hydrogen-bond acceptors (Lipinski definition) is 8. The van der Waals surface area contributed by atoms with Gasteiger partial charge in [-0.25, -0.2) is 0 Å². The van der Waals surface area contributed by atoms with Gasteiger partial charge in [0.05, 0.1) is 25.0 Å². The molecular formula is C31H51N7O5. The van der Waals surface area contributed by atoms with Crippen LogP contribution in [0.25, 0.3) is 10.4 Å². The molecule has 12 atom stereocenters. The van der Waals surface area contributed by atoms with Crippen molar-refractivity contribution in [3.8, 4) is 0 Å². The van der Waals surface area contributed by atoms with Crippen LogP contribution in [0.1, 0.15) is 98.3 Å². The van der Waals surface area contributed by atoms with Gasteiger partial charge in [0.1, 0.15) is 6.04 Å². The van der Waals surface area contributed by atoms with Crippen LogP contribution in [0.15, 0.2) is 15.3 Å². The van der Waals surface area contributed by atoms with Crippen LogP contribution in [0.2, 0.25) is 0 Å². The van der Waals surface area contributed by atoms with Crippen molar-refractivity contribution < 1.29 is 24.9 Å². The number of aliphatic hydroxyl groups excluding tert-OH is 3. The van der Waals surface area contributed by atoms with E-state index in [1.54, 1.807) is 0 Å². The lowest BCUT2D eigenvalue weighted by atomic mass is 9.43. The monoisotopic (exact) mass is 601 g/mol. The maximum absolute atomic E-state index is 13.1. The topological polar surface area (TPSA) is 192 Å². The van der Waals surface area contributed by atoms with E-state index in [1.807, 2.05) is 6.92 Å². The van der Waals surface area contributed by atoms with E-state index in [-0.39, 0.29) is 65.5 Å². The average molecular weight is 602 g/mol. The summed E-state index contributed by atoms with van der Waals surface area (Å²) in [6, 6.07) is -0.774. The molecule has 4 aliphatic carbocycles. The summed E-state index contributed by atoms with van der Waals surface area (Å²) in [4.78, 5) is 28.4. The predicted octanol–water partition coefficient (Wildman–Crippen LogP) is 4.20. The first kappa shape index (κ1) is 32.1. The van der Waals surface area contributed by atoms with Crippen molar-refractivity contribution in [2.75, 3.05) is 6.67 Å². The highest BCUT2D eigenvalue weighted by Gasteiger charge is 2.65. The maximum atomic E-state index is 13.1. The second-order valence-corrected chi connectivity index (χ2v) is 15.0. The number of nitrogens with one attached hydrogen (secondary N) is 2. The number of aliphatic hydroxyl groups is 3. The number of amides is 2. The Hall–Kier alpha value is -2.27. The standard InChI is InChI=1S/C31H51N7O5/c1-17(5-8-26(42)35-23(10-12-30(3)36-37-30)28(43)33-16-34-38-32)20-6-7-21-27-22(15-25(41)31(20,21)4)29(2)11-9-19(39)13-18(29)14-24(27)40/h17-25,27,39-41H,5-16H2,1-4H3,(H,33,43)(H,35,42)/t17-,18+,19-,20-,21+,22?,23?,24-,25+,27+,29+,31-/m1/s1. The van der Waals surface area contributed by atoms with E-state index in [0.717, 1.165) is 38.5 Å². The van der Waals surface area contributed by atoms with Crippen LogP contribution in [-0.4, -0.2) is 63.8 Å². The van der Waals surface area contributed by atoms with Crippen molar-refractivity contribution in [3.05, 3.63) is 10.4 Å². The largest absolute Gasteiger partial charge is 0.393 e. The molecule has 12 nitrogen and oxygen atoms in total. The summed E-state index contributed by atoms with van der Waals surface area (Å²) in [5.41, 5.74) is 7.72. The number of azide groups is 1. The number of fused-ring (bicyclic) bond motifs is 5. The summed E-state index contributed by atoms with van der Waals surface area (Å²) >= 11 is 0. The van der Waals surface area contributed by atoms with E-state index in [2.05, 4.69) is 51.7 Å². The third-order valence-corrected chi connectivity index (χ3v) is 12.7. The highest BCUT2D eigenvalue weighted by Crippen LogP contribution is 2.68. The molecule has 4 fully saturated rings. The average Bonchev–Trinajstić information content (AvgIpc) is 3.59. The zero-order valence-corrected chi connectivity index (χ0v) is 26.2. The van der Waals surface area contributed by atoms with Crippen molar-refractivity contribution in [1.29, 1.82) is 0 Å². The summed E-state index contributed by atoms with van der Waals surface area (Å²) in [5.74, 6) is 0.720. The third kappa shape index (κ3) is 6.17. The predicted molar refractivity (Wildman–Crippen MR) is 159 cm³/mol. The molecular weight excluding hydrogens is 550 g/mol. The van der Waals surface area contributed by atoms with Crippen LogP contribution in [0.3, 0.4) is 0 Å². The van der Waals surface area contributed by atoms with Crippen molar-refractivity contribution >= 4 is 11.8 Å². The van der Waals surface area contributed by atoms with Gasteiger partial charge in [0, 0.05) is 11.3 Å². The molecule has 0 aromatic heterocycles. The van der Waals surface area contributed by atoms with Crippen molar-refractivity contribution in [1.82, 2.24) is 10.6 Å². The highest BCUT2D eigenvalue weighted by atomic mass is 16.3. The Kier molecular flexibility index (Phi) is 9.16. The van der Waals surface area contributed by atoms with E-state index in [4.69, 9.17) is 5.53 Å². The molecule has 240 valence electrons. The minimum absolute atomic E-state index is 0.0378. The molecule has 1 heterocycles. The Balaban J connectivity index is 1.21. The van der Waals surface area contributed by atoms with E-state index in [0.29, 0.717) is 31.6 Å².